The van der Waals surface area contributed by atoms with E-state index in [-0.39, 0.29) is 5.69 Å². The molecule has 0 saturated heterocycles. The summed E-state index contributed by atoms with van der Waals surface area (Å²) in [5, 5.41) is 20.7. The van der Waals surface area contributed by atoms with Crippen molar-refractivity contribution in [3.05, 3.63) is 70.9 Å². The highest BCUT2D eigenvalue weighted by molar-refractivity contribution is 7.98. The Hall–Kier alpha value is -3.04. The molecule has 0 atom stereocenters. The van der Waals surface area contributed by atoms with Crippen LogP contribution in [0.3, 0.4) is 0 Å². The van der Waals surface area contributed by atoms with E-state index in [0.29, 0.717) is 10.9 Å². The first-order valence-corrected chi connectivity index (χ1v) is 9.80. The lowest BCUT2D eigenvalue weighted by atomic mass is 10.2. The van der Waals surface area contributed by atoms with E-state index >= 15 is 0 Å². The van der Waals surface area contributed by atoms with E-state index in [4.69, 9.17) is 5.11 Å². The second kappa shape index (κ2) is 7.68. The van der Waals surface area contributed by atoms with Crippen LogP contribution in [0.25, 0.3) is 17.1 Å². The smallest absolute Gasteiger partial charge is 0.355 e. The fourth-order valence-corrected chi connectivity index (χ4v) is 4.20. The topological polar surface area (TPSA) is 93.8 Å². The van der Waals surface area contributed by atoms with Crippen molar-refractivity contribution in [3.8, 4) is 17.1 Å². The summed E-state index contributed by atoms with van der Waals surface area (Å²) in [6.45, 7) is 0. The summed E-state index contributed by atoms with van der Waals surface area (Å²) in [5.41, 5.74) is 1.93. The zero-order valence-electron chi connectivity index (χ0n) is 13.9. The van der Waals surface area contributed by atoms with E-state index in [2.05, 4.69) is 20.2 Å². The average Bonchev–Trinajstić information content (AvgIpc) is 3.35. The van der Waals surface area contributed by atoms with Gasteiger partial charge in [-0.3, -0.25) is 9.55 Å². The lowest BCUT2D eigenvalue weighted by Crippen LogP contribution is -2.00. The summed E-state index contributed by atoms with van der Waals surface area (Å²) in [6, 6.07) is 13.6. The summed E-state index contributed by atoms with van der Waals surface area (Å²) < 4.78 is 1.98. The maximum Gasteiger partial charge on any atom is 0.355 e. The van der Waals surface area contributed by atoms with Crippen LogP contribution in [0.1, 0.15) is 15.5 Å². The number of benzene rings is 1. The Kier molecular flexibility index (Phi) is 4.95. The van der Waals surface area contributed by atoms with Gasteiger partial charge in [-0.25, -0.2) is 9.78 Å². The highest BCUT2D eigenvalue weighted by Crippen LogP contribution is 2.30. The number of thiazole rings is 1. The number of carboxylic acid groups (broad SMARTS) is 1. The van der Waals surface area contributed by atoms with Gasteiger partial charge in [0, 0.05) is 29.0 Å². The molecule has 0 radical (unpaired) electrons. The highest BCUT2D eigenvalue weighted by Gasteiger charge is 2.17. The van der Waals surface area contributed by atoms with Crippen LogP contribution in [0.2, 0.25) is 0 Å². The van der Waals surface area contributed by atoms with Crippen LogP contribution in [0.15, 0.2) is 65.4 Å². The fraction of sp³-hybridized carbons (Fsp3) is 0.0556. The molecule has 3 aromatic heterocycles. The molecule has 27 heavy (non-hydrogen) atoms. The zero-order chi connectivity index (χ0) is 18.6. The largest absolute Gasteiger partial charge is 0.476 e. The Bertz CT molecular complexity index is 1060. The number of hydrogen-bond donors (Lipinski definition) is 1. The van der Waals surface area contributed by atoms with E-state index in [1.807, 2.05) is 47.0 Å². The van der Waals surface area contributed by atoms with E-state index in [0.717, 1.165) is 22.1 Å². The molecular formula is C18H13N5O2S2. The van der Waals surface area contributed by atoms with Gasteiger partial charge in [0.25, 0.3) is 0 Å². The Morgan fingerprint density at radius 1 is 1.11 bits per heavy atom. The van der Waals surface area contributed by atoms with Crippen LogP contribution in [-0.2, 0) is 5.75 Å². The Balaban J connectivity index is 1.68. The third-order valence-corrected chi connectivity index (χ3v) is 5.65. The first-order chi connectivity index (χ1) is 13.2. The van der Waals surface area contributed by atoms with Crippen LogP contribution < -0.4 is 0 Å². The molecule has 4 aromatic rings. The predicted octanol–water partition coefficient (Wildman–Crippen LogP) is 3.78. The maximum absolute atomic E-state index is 11.0. The van der Waals surface area contributed by atoms with Crippen molar-refractivity contribution in [2.24, 2.45) is 0 Å². The molecule has 1 N–H and O–H groups in total. The van der Waals surface area contributed by atoms with Gasteiger partial charge in [0.15, 0.2) is 16.7 Å². The monoisotopic (exact) mass is 395 g/mol. The SMILES string of the molecule is O=C(O)c1csc(CSc2nnc(-c3ccncc3)n2-c2ccccc2)n1. The number of carbonyl (C=O) groups is 1. The van der Waals surface area contributed by atoms with Gasteiger partial charge in [-0.15, -0.1) is 21.5 Å². The Labute approximate surface area is 162 Å². The van der Waals surface area contributed by atoms with Crippen molar-refractivity contribution >= 4 is 29.1 Å². The standard InChI is InChI=1S/C18H13N5O2S2/c24-17(25)14-10-26-15(20-14)11-27-18-22-21-16(12-6-8-19-9-7-12)23(18)13-4-2-1-3-5-13/h1-10H,11H2,(H,24,25). The molecule has 3 heterocycles. The minimum atomic E-state index is -1.02. The third-order valence-electron chi connectivity index (χ3n) is 3.68. The maximum atomic E-state index is 11.0. The molecule has 4 rings (SSSR count). The molecule has 7 nitrogen and oxygen atoms in total. The predicted molar refractivity (Wildman–Crippen MR) is 103 cm³/mol. The van der Waals surface area contributed by atoms with Crippen LogP contribution in [0.4, 0.5) is 0 Å². The number of para-hydroxylation sites is 1. The fourth-order valence-electron chi connectivity index (χ4n) is 2.46. The van der Waals surface area contributed by atoms with E-state index in [9.17, 15) is 4.79 Å². The number of aromatic nitrogens is 5. The number of carboxylic acids is 1. The van der Waals surface area contributed by atoms with Gasteiger partial charge in [0.1, 0.15) is 5.01 Å². The van der Waals surface area contributed by atoms with Crippen LogP contribution >= 0.6 is 23.1 Å². The molecule has 9 heteroatoms. The van der Waals surface area contributed by atoms with Crippen LogP contribution in [0.5, 0.6) is 0 Å². The number of nitrogens with zero attached hydrogens (tertiary/aromatic N) is 5. The number of hydrogen-bond acceptors (Lipinski definition) is 7. The molecule has 0 spiro atoms. The summed E-state index contributed by atoms with van der Waals surface area (Å²) in [6.07, 6.45) is 3.43. The lowest BCUT2D eigenvalue weighted by Gasteiger charge is -2.09. The lowest BCUT2D eigenvalue weighted by molar-refractivity contribution is 0.0691. The number of thioether (sulfide) groups is 1. The highest BCUT2D eigenvalue weighted by atomic mass is 32.2. The van der Waals surface area contributed by atoms with Gasteiger partial charge in [-0.05, 0) is 24.3 Å². The van der Waals surface area contributed by atoms with Gasteiger partial charge in [-0.2, -0.15) is 0 Å². The summed E-state index contributed by atoms with van der Waals surface area (Å²) >= 11 is 2.79. The minimum Gasteiger partial charge on any atom is -0.476 e. The van der Waals surface area contributed by atoms with Gasteiger partial charge in [-0.1, -0.05) is 30.0 Å². The average molecular weight is 395 g/mol. The van der Waals surface area contributed by atoms with E-state index in [1.54, 1.807) is 17.8 Å². The molecule has 0 unspecified atom stereocenters. The second-order valence-corrected chi connectivity index (χ2v) is 7.32. The number of aromatic carboxylic acids is 1. The molecule has 0 fully saturated rings. The second-order valence-electron chi connectivity index (χ2n) is 5.43. The summed E-state index contributed by atoms with van der Waals surface area (Å²) in [4.78, 5) is 19.2. The third kappa shape index (κ3) is 3.74. The van der Waals surface area contributed by atoms with E-state index < -0.39 is 5.97 Å². The number of pyridine rings is 1. The molecule has 1 aromatic carbocycles. The Morgan fingerprint density at radius 3 is 2.59 bits per heavy atom. The molecular weight excluding hydrogens is 382 g/mol. The van der Waals surface area contributed by atoms with E-state index in [1.165, 1.54) is 23.1 Å². The van der Waals surface area contributed by atoms with Crippen molar-refractivity contribution in [3.63, 3.8) is 0 Å². The van der Waals surface area contributed by atoms with Gasteiger partial charge in [0.2, 0.25) is 0 Å². The van der Waals surface area contributed by atoms with Crippen molar-refractivity contribution in [1.82, 2.24) is 24.7 Å². The van der Waals surface area contributed by atoms with Crippen molar-refractivity contribution in [1.29, 1.82) is 0 Å². The van der Waals surface area contributed by atoms with Crippen LogP contribution in [0, 0.1) is 0 Å². The molecule has 134 valence electrons. The molecule has 0 bridgehead atoms. The zero-order valence-corrected chi connectivity index (χ0v) is 15.5. The molecule has 0 aliphatic carbocycles. The first kappa shape index (κ1) is 17.4. The number of rotatable bonds is 6. The molecule has 0 aliphatic heterocycles. The van der Waals surface area contributed by atoms with Gasteiger partial charge < -0.3 is 5.11 Å². The van der Waals surface area contributed by atoms with Crippen molar-refractivity contribution < 1.29 is 9.90 Å². The summed E-state index contributed by atoms with van der Waals surface area (Å²) in [7, 11) is 0. The normalized spacial score (nSPS) is 10.8. The molecule has 0 amide bonds. The minimum absolute atomic E-state index is 0.0672. The molecule has 0 aliphatic rings. The van der Waals surface area contributed by atoms with Crippen molar-refractivity contribution in [2.45, 2.75) is 10.9 Å². The molecule has 0 saturated carbocycles. The quantitative estimate of drug-likeness (QED) is 0.497. The van der Waals surface area contributed by atoms with Gasteiger partial charge >= 0.3 is 5.97 Å². The van der Waals surface area contributed by atoms with Crippen molar-refractivity contribution in [2.75, 3.05) is 0 Å². The first-order valence-electron chi connectivity index (χ1n) is 7.94. The Morgan fingerprint density at radius 2 is 1.89 bits per heavy atom. The van der Waals surface area contributed by atoms with Crippen LogP contribution in [-0.4, -0.2) is 35.8 Å². The van der Waals surface area contributed by atoms with Gasteiger partial charge in [0.05, 0.1) is 5.75 Å². The summed E-state index contributed by atoms with van der Waals surface area (Å²) in [5.74, 6) is 0.214.